The van der Waals surface area contributed by atoms with Crippen LogP contribution in [0.5, 0.6) is 0 Å². The van der Waals surface area contributed by atoms with Crippen molar-refractivity contribution >= 4 is 11.6 Å². The van der Waals surface area contributed by atoms with E-state index in [-0.39, 0.29) is 11.0 Å². The molecule has 0 aliphatic carbocycles. The van der Waals surface area contributed by atoms with Crippen LogP contribution in [0.15, 0.2) is 24.4 Å². The van der Waals surface area contributed by atoms with Gasteiger partial charge in [-0.15, -0.1) is 5.10 Å². The molecular formula is C8H4ClF3N4. The molecule has 0 saturated heterocycles. The van der Waals surface area contributed by atoms with E-state index in [0.29, 0.717) is 0 Å². The molecule has 0 aromatic carbocycles. The molecular weight excluding hydrogens is 245 g/mol. The first-order valence-corrected chi connectivity index (χ1v) is 4.47. The van der Waals surface area contributed by atoms with Gasteiger partial charge in [0.1, 0.15) is 5.15 Å². The zero-order valence-electron chi connectivity index (χ0n) is 7.61. The molecule has 4 nitrogen and oxygen atoms in total. The fraction of sp³-hybridized carbons (Fsp3) is 0.125. The molecule has 0 N–H and O–H groups in total. The quantitative estimate of drug-likeness (QED) is 0.778. The molecule has 0 amide bonds. The van der Waals surface area contributed by atoms with E-state index in [2.05, 4.69) is 15.3 Å². The van der Waals surface area contributed by atoms with Gasteiger partial charge in [0.15, 0.2) is 11.5 Å². The highest BCUT2D eigenvalue weighted by Gasteiger charge is 2.35. The summed E-state index contributed by atoms with van der Waals surface area (Å²) in [5.74, 6) is 0.128. The van der Waals surface area contributed by atoms with Gasteiger partial charge in [-0.25, -0.2) is 4.68 Å². The Morgan fingerprint density at radius 3 is 2.56 bits per heavy atom. The average Bonchev–Trinajstić information content (AvgIpc) is 2.61. The van der Waals surface area contributed by atoms with Crippen molar-refractivity contribution in [1.29, 1.82) is 0 Å². The molecule has 0 aliphatic heterocycles. The van der Waals surface area contributed by atoms with Crippen molar-refractivity contribution in [1.82, 2.24) is 20.0 Å². The Hall–Kier alpha value is -1.63. The van der Waals surface area contributed by atoms with Gasteiger partial charge in [0, 0.05) is 12.3 Å². The molecule has 84 valence electrons. The minimum Gasteiger partial charge on any atom is -0.201 e. The van der Waals surface area contributed by atoms with Crippen molar-refractivity contribution in [3.8, 4) is 5.82 Å². The molecule has 2 aromatic heterocycles. The molecule has 2 rings (SSSR count). The minimum absolute atomic E-state index is 0.128. The molecule has 0 fully saturated rings. The topological polar surface area (TPSA) is 43.6 Å². The molecule has 0 saturated carbocycles. The minimum atomic E-state index is -4.53. The molecule has 0 spiro atoms. The van der Waals surface area contributed by atoms with Crippen LogP contribution in [0.25, 0.3) is 5.82 Å². The average molecular weight is 249 g/mol. The second-order valence-corrected chi connectivity index (χ2v) is 3.23. The Bertz CT molecular complexity index is 494. The Kier molecular flexibility index (Phi) is 2.55. The van der Waals surface area contributed by atoms with Gasteiger partial charge < -0.3 is 0 Å². The maximum atomic E-state index is 12.3. The van der Waals surface area contributed by atoms with E-state index in [0.717, 1.165) is 10.7 Å². The Morgan fingerprint density at radius 2 is 2.06 bits per heavy atom. The van der Waals surface area contributed by atoms with Crippen molar-refractivity contribution in [3.05, 3.63) is 35.2 Å². The molecule has 16 heavy (non-hydrogen) atoms. The summed E-state index contributed by atoms with van der Waals surface area (Å²) in [5, 5.41) is 10.3. The SMILES string of the molecule is FC(F)(F)c1cc(Cl)n(-c2cccnn2)n1. The molecule has 8 heteroatoms. The smallest absolute Gasteiger partial charge is 0.201 e. The second kappa shape index (κ2) is 3.75. The summed E-state index contributed by atoms with van der Waals surface area (Å²) in [6, 6.07) is 3.70. The summed E-state index contributed by atoms with van der Waals surface area (Å²) in [6.07, 6.45) is -3.14. The van der Waals surface area contributed by atoms with Crippen molar-refractivity contribution in [2.24, 2.45) is 0 Å². The number of aromatic nitrogens is 4. The van der Waals surface area contributed by atoms with Gasteiger partial charge in [-0.2, -0.15) is 23.4 Å². The number of hydrogen-bond donors (Lipinski definition) is 0. The predicted octanol–water partition coefficient (Wildman–Crippen LogP) is 2.33. The van der Waals surface area contributed by atoms with E-state index in [1.165, 1.54) is 18.3 Å². The van der Waals surface area contributed by atoms with Crippen LogP contribution in [0.4, 0.5) is 13.2 Å². The summed E-state index contributed by atoms with van der Waals surface area (Å²) in [4.78, 5) is 0. The lowest BCUT2D eigenvalue weighted by molar-refractivity contribution is -0.141. The van der Waals surface area contributed by atoms with Crippen LogP contribution in [-0.2, 0) is 6.18 Å². The predicted molar refractivity (Wildman–Crippen MR) is 49.2 cm³/mol. The number of nitrogens with zero attached hydrogens (tertiary/aromatic N) is 4. The molecule has 0 aliphatic rings. The van der Waals surface area contributed by atoms with Gasteiger partial charge in [0.25, 0.3) is 0 Å². The molecule has 2 heterocycles. The van der Waals surface area contributed by atoms with E-state index in [9.17, 15) is 13.2 Å². The summed E-state index contributed by atoms with van der Waals surface area (Å²) in [5.41, 5.74) is -1.07. The van der Waals surface area contributed by atoms with Crippen LogP contribution in [-0.4, -0.2) is 20.0 Å². The Morgan fingerprint density at radius 1 is 1.31 bits per heavy atom. The highest BCUT2D eigenvalue weighted by Crippen LogP contribution is 2.30. The van der Waals surface area contributed by atoms with Gasteiger partial charge in [-0.1, -0.05) is 11.6 Å². The zero-order valence-corrected chi connectivity index (χ0v) is 8.37. The van der Waals surface area contributed by atoms with Crippen LogP contribution in [0.2, 0.25) is 5.15 Å². The number of halogens is 4. The number of hydrogen-bond acceptors (Lipinski definition) is 3. The second-order valence-electron chi connectivity index (χ2n) is 2.84. The van der Waals surface area contributed by atoms with Gasteiger partial charge >= 0.3 is 6.18 Å². The molecule has 0 unspecified atom stereocenters. The van der Waals surface area contributed by atoms with Gasteiger partial charge in [0.05, 0.1) is 0 Å². The maximum Gasteiger partial charge on any atom is 0.435 e. The van der Waals surface area contributed by atoms with Crippen molar-refractivity contribution in [2.75, 3.05) is 0 Å². The van der Waals surface area contributed by atoms with Gasteiger partial charge in [0.2, 0.25) is 0 Å². The van der Waals surface area contributed by atoms with Crippen molar-refractivity contribution in [2.45, 2.75) is 6.18 Å². The van der Waals surface area contributed by atoms with Crippen LogP contribution in [0, 0.1) is 0 Å². The van der Waals surface area contributed by atoms with Gasteiger partial charge in [-0.3, -0.25) is 0 Å². The largest absolute Gasteiger partial charge is 0.435 e. The van der Waals surface area contributed by atoms with E-state index < -0.39 is 11.9 Å². The number of rotatable bonds is 1. The zero-order chi connectivity index (χ0) is 11.8. The standard InChI is InChI=1S/C8H4ClF3N4/c9-6-4-5(8(10,11)12)15-16(6)7-2-1-3-13-14-7/h1-4H. The first-order chi connectivity index (χ1) is 7.48. The lowest BCUT2D eigenvalue weighted by atomic mass is 10.4. The highest BCUT2D eigenvalue weighted by molar-refractivity contribution is 6.29. The van der Waals surface area contributed by atoms with Crippen LogP contribution in [0.1, 0.15) is 5.69 Å². The normalized spacial score (nSPS) is 11.8. The summed E-state index contributed by atoms with van der Waals surface area (Å²) in [7, 11) is 0. The highest BCUT2D eigenvalue weighted by atomic mass is 35.5. The van der Waals surface area contributed by atoms with E-state index in [1.54, 1.807) is 0 Å². The lowest BCUT2D eigenvalue weighted by Crippen LogP contribution is -2.08. The monoisotopic (exact) mass is 248 g/mol. The van der Waals surface area contributed by atoms with Crippen molar-refractivity contribution < 1.29 is 13.2 Å². The van der Waals surface area contributed by atoms with E-state index in [4.69, 9.17) is 11.6 Å². The summed E-state index contributed by atoms with van der Waals surface area (Å²) in [6.45, 7) is 0. The molecule has 0 bridgehead atoms. The Balaban J connectivity index is 2.48. The fourth-order valence-corrected chi connectivity index (χ4v) is 1.29. The van der Waals surface area contributed by atoms with Crippen LogP contribution < -0.4 is 0 Å². The molecule has 0 atom stereocenters. The lowest BCUT2D eigenvalue weighted by Gasteiger charge is -2.01. The third kappa shape index (κ3) is 1.99. The van der Waals surface area contributed by atoms with E-state index >= 15 is 0 Å². The third-order valence-corrected chi connectivity index (χ3v) is 2.00. The van der Waals surface area contributed by atoms with Crippen LogP contribution >= 0.6 is 11.6 Å². The van der Waals surface area contributed by atoms with Gasteiger partial charge in [-0.05, 0) is 12.1 Å². The van der Waals surface area contributed by atoms with Crippen LogP contribution in [0.3, 0.4) is 0 Å². The van der Waals surface area contributed by atoms with Crippen molar-refractivity contribution in [3.63, 3.8) is 0 Å². The first-order valence-electron chi connectivity index (χ1n) is 4.09. The number of alkyl halides is 3. The molecule has 0 radical (unpaired) electrons. The maximum absolute atomic E-state index is 12.3. The third-order valence-electron chi connectivity index (χ3n) is 1.73. The summed E-state index contributed by atoms with van der Waals surface area (Å²) < 4.78 is 37.9. The molecule has 2 aromatic rings. The van der Waals surface area contributed by atoms with E-state index in [1.807, 2.05) is 0 Å². The summed E-state index contributed by atoms with van der Waals surface area (Å²) >= 11 is 5.62. The first kappa shape index (κ1) is 10.9. The Labute approximate surface area is 92.7 Å². The fourth-order valence-electron chi connectivity index (χ4n) is 1.06.